The van der Waals surface area contributed by atoms with Gasteiger partial charge in [-0.3, -0.25) is 4.79 Å². The average Bonchev–Trinajstić information content (AvgIpc) is 2.88. The van der Waals surface area contributed by atoms with Crippen LogP contribution in [-0.4, -0.2) is 92.4 Å². The molecule has 2 saturated heterocycles. The van der Waals surface area contributed by atoms with Crippen molar-refractivity contribution in [3.63, 3.8) is 0 Å². The van der Waals surface area contributed by atoms with Crippen molar-refractivity contribution in [1.82, 2.24) is 14.8 Å². The number of hydrogen-bond donors (Lipinski definition) is 1. The number of benzene rings is 1. The van der Waals surface area contributed by atoms with Crippen LogP contribution in [0.25, 0.3) is 11.3 Å². The van der Waals surface area contributed by atoms with Gasteiger partial charge >= 0.3 is 0 Å². The molecule has 0 spiro atoms. The molecule has 2 aliphatic rings. The normalized spacial score (nSPS) is 19.5. The van der Waals surface area contributed by atoms with Gasteiger partial charge in [-0.1, -0.05) is 0 Å². The highest BCUT2D eigenvalue weighted by molar-refractivity contribution is 5.99. The molecule has 0 saturated carbocycles. The Morgan fingerprint density at radius 1 is 1.06 bits per heavy atom. The van der Waals surface area contributed by atoms with Gasteiger partial charge in [-0.15, -0.1) is 0 Å². The second-order valence-electron chi connectivity index (χ2n) is 8.75. The maximum absolute atomic E-state index is 13.7. The zero-order valence-electron chi connectivity index (χ0n) is 19.8. The molecule has 2 fully saturated rings. The largest absolute Gasteiger partial charge is 0.497 e. The molecule has 1 atom stereocenters. The van der Waals surface area contributed by atoms with Crippen molar-refractivity contribution in [2.75, 3.05) is 65.5 Å². The van der Waals surface area contributed by atoms with Gasteiger partial charge in [-0.2, -0.15) is 0 Å². The number of carbonyl (C=O) groups is 1. The number of methoxy groups -OCH3 is 2. The number of aliphatic hydroxyl groups excluding tert-OH is 1. The number of piperazine rings is 1. The lowest BCUT2D eigenvalue weighted by Gasteiger charge is -2.37. The number of anilines is 1. The second-order valence-corrected chi connectivity index (χ2v) is 8.75. The lowest BCUT2D eigenvalue weighted by Crippen LogP contribution is -2.48. The summed E-state index contributed by atoms with van der Waals surface area (Å²) < 4.78 is 11.0. The zero-order valence-corrected chi connectivity index (χ0v) is 19.8. The van der Waals surface area contributed by atoms with E-state index in [0.717, 1.165) is 56.7 Å². The van der Waals surface area contributed by atoms with E-state index in [0.29, 0.717) is 29.4 Å². The van der Waals surface area contributed by atoms with Crippen molar-refractivity contribution in [1.29, 1.82) is 0 Å². The van der Waals surface area contributed by atoms with E-state index in [1.807, 2.05) is 35.2 Å². The Balaban J connectivity index is 1.77. The first-order chi connectivity index (χ1) is 16.0. The van der Waals surface area contributed by atoms with Gasteiger partial charge in [-0.25, -0.2) is 4.98 Å². The van der Waals surface area contributed by atoms with Crippen molar-refractivity contribution in [3.05, 3.63) is 35.9 Å². The van der Waals surface area contributed by atoms with Crippen LogP contribution in [0.1, 0.15) is 29.6 Å². The number of aliphatic hydroxyl groups is 1. The van der Waals surface area contributed by atoms with E-state index in [4.69, 9.17) is 14.5 Å². The maximum atomic E-state index is 13.7. The van der Waals surface area contributed by atoms with Crippen LogP contribution in [0.15, 0.2) is 30.3 Å². The number of ether oxygens (including phenoxy) is 2. The summed E-state index contributed by atoms with van der Waals surface area (Å²) in [6.07, 6.45) is 2.82. The van der Waals surface area contributed by atoms with E-state index in [1.165, 1.54) is 0 Å². The summed E-state index contributed by atoms with van der Waals surface area (Å²) in [5.74, 6) is 2.05. The van der Waals surface area contributed by atoms with Gasteiger partial charge in [0.15, 0.2) is 0 Å². The number of likely N-dealkylation sites (N-methyl/N-ethyl adjacent to an activating group) is 1. The summed E-state index contributed by atoms with van der Waals surface area (Å²) in [5.41, 5.74) is 2.14. The third-order valence-electron chi connectivity index (χ3n) is 6.69. The molecule has 8 heteroatoms. The summed E-state index contributed by atoms with van der Waals surface area (Å²) in [7, 11) is 5.37. The molecule has 3 heterocycles. The molecule has 1 N–H and O–H groups in total. The standard InChI is InChI=1S/C25H34N4O4/c1-27-12-14-28(15-13-27)24-20(25(31)29-11-5-4-6-18(29)17-30)8-9-22(26-24)21-16-19(32-2)7-10-23(21)33-3/h7-10,16,18,30H,4-6,11-15,17H2,1-3H3. The van der Waals surface area contributed by atoms with Gasteiger partial charge in [0, 0.05) is 38.3 Å². The van der Waals surface area contributed by atoms with Crippen LogP contribution in [0.3, 0.4) is 0 Å². The Hall–Kier alpha value is -2.84. The van der Waals surface area contributed by atoms with Gasteiger partial charge in [0.05, 0.1) is 38.1 Å². The molecule has 2 aliphatic heterocycles. The van der Waals surface area contributed by atoms with Crippen LogP contribution in [-0.2, 0) is 0 Å². The highest BCUT2D eigenvalue weighted by Gasteiger charge is 2.31. The molecule has 1 aromatic heterocycles. The zero-order chi connectivity index (χ0) is 23.4. The van der Waals surface area contributed by atoms with Crippen LogP contribution >= 0.6 is 0 Å². The quantitative estimate of drug-likeness (QED) is 0.719. The summed E-state index contributed by atoms with van der Waals surface area (Å²) in [6, 6.07) is 9.24. The summed E-state index contributed by atoms with van der Waals surface area (Å²) >= 11 is 0. The number of hydrogen-bond acceptors (Lipinski definition) is 7. The number of rotatable bonds is 6. The molecule has 8 nitrogen and oxygen atoms in total. The van der Waals surface area contributed by atoms with Gasteiger partial charge in [0.1, 0.15) is 17.3 Å². The highest BCUT2D eigenvalue weighted by Crippen LogP contribution is 2.35. The molecule has 4 rings (SSSR count). The molecular weight excluding hydrogens is 420 g/mol. The topological polar surface area (TPSA) is 78.4 Å². The van der Waals surface area contributed by atoms with Gasteiger partial charge in [0.25, 0.3) is 5.91 Å². The molecular formula is C25H34N4O4. The Labute approximate surface area is 195 Å². The smallest absolute Gasteiger partial charge is 0.257 e. The molecule has 0 radical (unpaired) electrons. The number of aromatic nitrogens is 1. The summed E-state index contributed by atoms with van der Waals surface area (Å²) in [5, 5.41) is 9.85. The molecule has 1 amide bonds. The number of pyridine rings is 1. The first kappa shape index (κ1) is 23.3. The SMILES string of the molecule is COc1ccc(OC)c(-c2ccc(C(=O)N3CCCCC3CO)c(N3CCN(C)CC3)n2)c1. The number of piperidine rings is 1. The van der Waals surface area contributed by atoms with Crippen LogP contribution in [0.5, 0.6) is 11.5 Å². The van der Waals surface area contributed by atoms with E-state index in [9.17, 15) is 9.90 Å². The van der Waals surface area contributed by atoms with Gasteiger partial charge in [-0.05, 0) is 56.6 Å². The Morgan fingerprint density at radius 3 is 2.55 bits per heavy atom. The second kappa shape index (κ2) is 10.4. The minimum Gasteiger partial charge on any atom is -0.497 e. The molecule has 0 bridgehead atoms. The first-order valence-electron chi connectivity index (χ1n) is 11.6. The Kier molecular flexibility index (Phi) is 7.35. The predicted octanol–water partition coefficient (Wildman–Crippen LogP) is 2.50. The molecule has 1 unspecified atom stereocenters. The van der Waals surface area contributed by atoms with Crippen molar-refractivity contribution in [2.45, 2.75) is 25.3 Å². The number of nitrogens with zero attached hydrogens (tertiary/aromatic N) is 4. The fourth-order valence-electron chi connectivity index (χ4n) is 4.65. The number of amides is 1. The fraction of sp³-hybridized carbons (Fsp3) is 0.520. The van der Waals surface area contributed by atoms with Gasteiger partial charge in [0.2, 0.25) is 0 Å². The van der Waals surface area contributed by atoms with E-state index in [2.05, 4.69) is 16.8 Å². The third kappa shape index (κ3) is 4.91. The predicted molar refractivity (Wildman–Crippen MR) is 128 cm³/mol. The summed E-state index contributed by atoms with van der Waals surface area (Å²) in [6.45, 7) is 4.06. The molecule has 2 aromatic rings. The van der Waals surface area contributed by atoms with E-state index < -0.39 is 0 Å². The maximum Gasteiger partial charge on any atom is 0.257 e. The Bertz CT molecular complexity index is 975. The monoisotopic (exact) mass is 454 g/mol. The first-order valence-corrected chi connectivity index (χ1v) is 11.6. The molecule has 178 valence electrons. The van der Waals surface area contributed by atoms with E-state index in [1.54, 1.807) is 14.2 Å². The van der Waals surface area contributed by atoms with Crippen molar-refractivity contribution >= 4 is 11.7 Å². The number of carbonyl (C=O) groups excluding carboxylic acids is 1. The minimum atomic E-state index is -0.134. The third-order valence-corrected chi connectivity index (χ3v) is 6.69. The lowest BCUT2D eigenvalue weighted by molar-refractivity contribution is 0.0503. The minimum absolute atomic E-state index is 0.0118. The highest BCUT2D eigenvalue weighted by atomic mass is 16.5. The number of likely N-dealkylation sites (tertiary alicyclic amines) is 1. The average molecular weight is 455 g/mol. The van der Waals surface area contributed by atoms with Crippen LogP contribution in [0.4, 0.5) is 5.82 Å². The summed E-state index contributed by atoms with van der Waals surface area (Å²) in [4.78, 5) is 25.0. The van der Waals surface area contributed by atoms with Crippen molar-refractivity contribution in [2.24, 2.45) is 0 Å². The van der Waals surface area contributed by atoms with Crippen molar-refractivity contribution < 1.29 is 19.4 Å². The lowest BCUT2D eigenvalue weighted by atomic mass is 10.0. The Morgan fingerprint density at radius 2 is 1.85 bits per heavy atom. The van der Waals surface area contributed by atoms with Crippen molar-refractivity contribution in [3.8, 4) is 22.8 Å². The van der Waals surface area contributed by atoms with Crippen LogP contribution in [0.2, 0.25) is 0 Å². The molecule has 0 aliphatic carbocycles. The fourth-order valence-corrected chi connectivity index (χ4v) is 4.65. The van der Waals surface area contributed by atoms with Crippen LogP contribution < -0.4 is 14.4 Å². The van der Waals surface area contributed by atoms with E-state index >= 15 is 0 Å². The molecule has 1 aromatic carbocycles. The van der Waals surface area contributed by atoms with Crippen LogP contribution in [0, 0.1) is 0 Å². The molecule has 33 heavy (non-hydrogen) atoms. The van der Waals surface area contributed by atoms with E-state index in [-0.39, 0.29) is 18.6 Å². The van der Waals surface area contributed by atoms with Gasteiger partial charge < -0.3 is 29.3 Å².